The second kappa shape index (κ2) is 7.68. The number of benzene rings is 1. The van der Waals surface area contributed by atoms with Gasteiger partial charge in [0, 0.05) is 34.4 Å². The molecule has 0 radical (unpaired) electrons. The summed E-state index contributed by atoms with van der Waals surface area (Å²) in [5.41, 5.74) is 2.06. The topological polar surface area (TPSA) is 59.1 Å². The molecule has 1 fully saturated rings. The van der Waals surface area contributed by atoms with Gasteiger partial charge in [-0.05, 0) is 49.9 Å². The fraction of sp³-hybridized carbons (Fsp3) is 0.368. The zero-order valence-corrected chi connectivity index (χ0v) is 16.1. The Labute approximate surface area is 161 Å². The lowest BCUT2D eigenvalue weighted by molar-refractivity contribution is 0.400. The summed E-state index contributed by atoms with van der Waals surface area (Å²) < 4.78 is 5.15. The van der Waals surface area contributed by atoms with Crippen molar-refractivity contribution in [1.29, 1.82) is 0 Å². The van der Waals surface area contributed by atoms with Crippen LogP contribution in [0.3, 0.4) is 0 Å². The Bertz CT molecular complexity index is 892. The van der Waals surface area contributed by atoms with E-state index in [1.54, 1.807) is 18.4 Å². The summed E-state index contributed by atoms with van der Waals surface area (Å²) in [5.74, 6) is 0.678. The van der Waals surface area contributed by atoms with Gasteiger partial charge in [-0.3, -0.25) is 4.98 Å². The van der Waals surface area contributed by atoms with E-state index in [9.17, 15) is 0 Å². The molecular weight excluding hydrogens is 368 g/mol. The third-order valence-electron chi connectivity index (χ3n) is 4.81. The first-order valence-corrected chi connectivity index (χ1v) is 10.0. The van der Waals surface area contributed by atoms with Gasteiger partial charge in [0.15, 0.2) is 5.13 Å². The van der Waals surface area contributed by atoms with Crippen molar-refractivity contribution in [2.45, 2.75) is 37.8 Å². The van der Waals surface area contributed by atoms with Crippen molar-refractivity contribution in [3.8, 4) is 5.88 Å². The average molecular weight is 389 g/mol. The van der Waals surface area contributed by atoms with Gasteiger partial charge in [0.25, 0.3) is 0 Å². The molecule has 3 aromatic rings. The van der Waals surface area contributed by atoms with Crippen LogP contribution in [0.15, 0.2) is 35.8 Å². The Hall–Kier alpha value is -2.05. The molecule has 1 saturated carbocycles. The normalized spacial score (nSPS) is 20.1. The Kier molecular flexibility index (Phi) is 5.13. The standard InChI is InChI=1S/C19H21ClN4OS/c1-25-18-11-26-19(24-18)23-14-5-3-13(4-6-14)22-16-8-9-21-17-10-12(20)2-7-15(16)17/h2,7-11,13-14H,3-6H2,1H3,(H,21,22)(H,23,24). The van der Waals surface area contributed by atoms with E-state index in [4.69, 9.17) is 16.3 Å². The van der Waals surface area contributed by atoms with E-state index in [2.05, 4.69) is 20.6 Å². The molecule has 2 heterocycles. The molecule has 26 heavy (non-hydrogen) atoms. The van der Waals surface area contributed by atoms with Crippen LogP contribution in [0.2, 0.25) is 5.02 Å². The zero-order valence-electron chi connectivity index (χ0n) is 14.5. The monoisotopic (exact) mass is 388 g/mol. The lowest BCUT2D eigenvalue weighted by Gasteiger charge is -2.30. The van der Waals surface area contributed by atoms with E-state index < -0.39 is 0 Å². The van der Waals surface area contributed by atoms with Crippen molar-refractivity contribution in [3.05, 3.63) is 40.9 Å². The summed E-state index contributed by atoms with van der Waals surface area (Å²) in [7, 11) is 1.65. The molecule has 2 N–H and O–H groups in total. The third kappa shape index (κ3) is 3.86. The lowest BCUT2D eigenvalue weighted by Crippen LogP contribution is -2.32. The number of hydrogen-bond donors (Lipinski definition) is 2. The quantitative estimate of drug-likeness (QED) is 0.630. The minimum atomic E-state index is 0.469. The lowest BCUT2D eigenvalue weighted by atomic mass is 9.91. The van der Waals surface area contributed by atoms with E-state index in [-0.39, 0.29) is 0 Å². The number of halogens is 1. The average Bonchev–Trinajstić information content (AvgIpc) is 3.11. The van der Waals surface area contributed by atoms with Crippen molar-refractivity contribution in [3.63, 3.8) is 0 Å². The summed E-state index contributed by atoms with van der Waals surface area (Å²) in [6.07, 6.45) is 6.32. The Morgan fingerprint density at radius 1 is 1.12 bits per heavy atom. The molecule has 0 aliphatic heterocycles. The van der Waals surface area contributed by atoms with Crippen LogP contribution in [0.5, 0.6) is 5.88 Å². The predicted octanol–water partition coefficient (Wildman–Crippen LogP) is 5.19. The highest BCUT2D eigenvalue weighted by Gasteiger charge is 2.22. The van der Waals surface area contributed by atoms with E-state index in [1.807, 2.05) is 35.8 Å². The second-order valence-electron chi connectivity index (χ2n) is 6.55. The fourth-order valence-corrected chi connectivity index (χ4v) is 4.35. The van der Waals surface area contributed by atoms with Gasteiger partial charge in [-0.25, -0.2) is 0 Å². The summed E-state index contributed by atoms with van der Waals surface area (Å²) in [4.78, 5) is 8.82. The smallest absolute Gasteiger partial charge is 0.226 e. The molecule has 0 amide bonds. The molecule has 0 unspecified atom stereocenters. The number of pyridine rings is 1. The van der Waals surface area contributed by atoms with Gasteiger partial charge in [-0.2, -0.15) is 4.98 Å². The first kappa shape index (κ1) is 17.4. The maximum Gasteiger partial charge on any atom is 0.226 e. The van der Waals surface area contributed by atoms with Crippen LogP contribution in [0.25, 0.3) is 10.9 Å². The summed E-state index contributed by atoms with van der Waals surface area (Å²) in [6, 6.07) is 8.85. The highest BCUT2D eigenvalue weighted by molar-refractivity contribution is 7.13. The summed E-state index contributed by atoms with van der Waals surface area (Å²) >= 11 is 7.67. The number of rotatable bonds is 5. The van der Waals surface area contributed by atoms with Gasteiger partial charge in [-0.15, -0.1) is 11.3 Å². The highest BCUT2D eigenvalue weighted by atomic mass is 35.5. The van der Waals surface area contributed by atoms with E-state index in [0.717, 1.165) is 47.4 Å². The van der Waals surface area contributed by atoms with Gasteiger partial charge in [0.2, 0.25) is 5.88 Å². The van der Waals surface area contributed by atoms with Crippen LogP contribution in [0, 0.1) is 0 Å². The molecule has 1 aliphatic rings. The fourth-order valence-electron chi connectivity index (χ4n) is 3.44. The molecule has 0 saturated heterocycles. The van der Waals surface area contributed by atoms with E-state index in [0.29, 0.717) is 23.0 Å². The highest BCUT2D eigenvalue weighted by Crippen LogP contribution is 2.30. The maximum atomic E-state index is 6.08. The van der Waals surface area contributed by atoms with Gasteiger partial charge in [0.05, 0.1) is 18.0 Å². The van der Waals surface area contributed by atoms with E-state index in [1.165, 1.54) is 0 Å². The number of anilines is 2. The minimum Gasteiger partial charge on any atom is -0.480 e. The molecule has 0 spiro atoms. The van der Waals surface area contributed by atoms with Gasteiger partial charge < -0.3 is 15.4 Å². The number of aromatic nitrogens is 2. The first-order valence-electron chi connectivity index (χ1n) is 8.78. The van der Waals surface area contributed by atoms with Crippen molar-refractivity contribution in [2.24, 2.45) is 0 Å². The third-order valence-corrected chi connectivity index (χ3v) is 5.80. The number of nitrogens with one attached hydrogen (secondary N) is 2. The van der Waals surface area contributed by atoms with Crippen LogP contribution in [-0.2, 0) is 0 Å². The maximum absolute atomic E-state index is 6.08. The Morgan fingerprint density at radius 3 is 2.62 bits per heavy atom. The summed E-state index contributed by atoms with van der Waals surface area (Å²) in [5, 5.41) is 11.9. The molecule has 5 nitrogen and oxygen atoms in total. The van der Waals surface area contributed by atoms with Crippen LogP contribution in [0.1, 0.15) is 25.7 Å². The number of hydrogen-bond acceptors (Lipinski definition) is 6. The molecule has 4 rings (SSSR count). The van der Waals surface area contributed by atoms with Crippen molar-refractivity contribution >= 4 is 44.7 Å². The number of nitrogens with zero attached hydrogens (tertiary/aromatic N) is 2. The van der Waals surface area contributed by atoms with Crippen molar-refractivity contribution < 1.29 is 4.74 Å². The Morgan fingerprint density at radius 2 is 1.88 bits per heavy atom. The molecule has 136 valence electrons. The number of ether oxygens (including phenoxy) is 1. The number of fused-ring (bicyclic) bond motifs is 1. The summed E-state index contributed by atoms with van der Waals surface area (Å²) in [6.45, 7) is 0. The molecule has 1 aromatic carbocycles. The zero-order chi connectivity index (χ0) is 17.9. The van der Waals surface area contributed by atoms with Gasteiger partial charge in [0.1, 0.15) is 0 Å². The molecule has 1 aliphatic carbocycles. The molecule has 0 bridgehead atoms. The second-order valence-corrected chi connectivity index (χ2v) is 7.85. The van der Waals surface area contributed by atoms with E-state index >= 15 is 0 Å². The SMILES string of the molecule is COc1csc(NC2CCC(Nc3ccnc4cc(Cl)ccc34)CC2)n1. The predicted molar refractivity (Wildman–Crippen MR) is 109 cm³/mol. The van der Waals surface area contributed by atoms with Gasteiger partial charge >= 0.3 is 0 Å². The molecular formula is C19H21ClN4OS. The number of methoxy groups -OCH3 is 1. The minimum absolute atomic E-state index is 0.469. The molecule has 7 heteroatoms. The van der Waals surface area contributed by atoms with Crippen LogP contribution in [0.4, 0.5) is 10.8 Å². The first-order chi connectivity index (χ1) is 12.7. The van der Waals surface area contributed by atoms with Crippen molar-refractivity contribution in [2.75, 3.05) is 17.7 Å². The van der Waals surface area contributed by atoms with Gasteiger partial charge in [-0.1, -0.05) is 11.6 Å². The van der Waals surface area contributed by atoms with Crippen LogP contribution >= 0.6 is 22.9 Å². The van der Waals surface area contributed by atoms with Crippen molar-refractivity contribution in [1.82, 2.24) is 9.97 Å². The largest absolute Gasteiger partial charge is 0.480 e. The Balaban J connectivity index is 1.37. The molecule has 0 atom stereocenters. The van der Waals surface area contributed by atoms with Crippen LogP contribution < -0.4 is 15.4 Å². The molecule has 2 aromatic heterocycles. The number of thiazole rings is 1. The van der Waals surface area contributed by atoms with Crippen LogP contribution in [-0.4, -0.2) is 29.2 Å².